The molecule has 2 aromatic carbocycles. The van der Waals surface area contributed by atoms with Gasteiger partial charge in [-0.05, 0) is 62.8 Å². The number of alkyl halides is 3. The van der Waals surface area contributed by atoms with Gasteiger partial charge in [-0.25, -0.2) is 4.79 Å². The number of allylic oxidation sites excluding steroid dienone is 2. The molecule has 2 aromatic rings. The highest BCUT2D eigenvalue weighted by Gasteiger charge is 2.44. The van der Waals surface area contributed by atoms with Crippen molar-refractivity contribution in [3.8, 4) is 11.5 Å². The van der Waals surface area contributed by atoms with Gasteiger partial charge in [0.2, 0.25) is 0 Å². The average molecular weight is 489 g/mol. The maximum Gasteiger partial charge on any atom is 0.416 e. The molecule has 2 unspecified atom stereocenters. The topological polar surface area (TPSA) is 55.8 Å². The molecule has 0 aromatic heterocycles. The third kappa shape index (κ3) is 5.04. The minimum Gasteiger partial charge on any atom is -0.507 e. The zero-order chi connectivity index (χ0) is 25.4. The highest BCUT2D eigenvalue weighted by molar-refractivity contribution is 5.96. The van der Waals surface area contributed by atoms with Crippen molar-refractivity contribution < 1.29 is 32.5 Å². The smallest absolute Gasteiger partial charge is 0.416 e. The summed E-state index contributed by atoms with van der Waals surface area (Å²) in [5, 5.41) is 11.1. The summed E-state index contributed by atoms with van der Waals surface area (Å²) in [6, 6.07) is 6.06. The van der Waals surface area contributed by atoms with Crippen LogP contribution in [-0.4, -0.2) is 11.1 Å². The van der Waals surface area contributed by atoms with Gasteiger partial charge in [-0.1, -0.05) is 43.5 Å². The largest absolute Gasteiger partial charge is 0.507 e. The lowest BCUT2D eigenvalue weighted by atomic mass is 9.82. The summed E-state index contributed by atoms with van der Waals surface area (Å²) < 4.78 is 51.3. The zero-order valence-electron chi connectivity index (χ0n) is 20.3. The molecule has 2 atom stereocenters. The van der Waals surface area contributed by atoms with E-state index < -0.39 is 23.5 Å². The summed E-state index contributed by atoms with van der Waals surface area (Å²) >= 11 is 0. The van der Waals surface area contributed by atoms with E-state index in [4.69, 9.17) is 9.47 Å². The summed E-state index contributed by atoms with van der Waals surface area (Å²) in [7, 11) is 0. The van der Waals surface area contributed by atoms with Gasteiger partial charge in [-0.15, -0.1) is 0 Å². The first kappa shape index (κ1) is 25.1. The number of aryl methyl sites for hydroxylation is 1. The molecule has 7 heteroatoms. The highest BCUT2D eigenvalue weighted by atomic mass is 19.4. The number of fused-ring (bicyclic) bond motifs is 1. The van der Waals surface area contributed by atoms with Crippen molar-refractivity contribution in [3.63, 3.8) is 0 Å². The number of carbonyl (C=O) groups is 1. The van der Waals surface area contributed by atoms with Crippen molar-refractivity contribution in [1.82, 2.24) is 0 Å². The molecule has 1 aliphatic carbocycles. The summed E-state index contributed by atoms with van der Waals surface area (Å²) in [5.41, 5.74) is 2.17. The third-order valence-electron chi connectivity index (χ3n) is 6.90. The molecule has 1 aliphatic heterocycles. The minimum absolute atomic E-state index is 0.0654. The number of hydrogen-bond donors (Lipinski definition) is 1. The predicted molar refractivity (Wildman–Crippen MR) is 127 cm³/mol. The summed E-state index contributed by atoms with van der Waals surface area (Å²) in [6.07, 6.45) is 3.73. The molecule has 0 saturated heterocycles. The molecule has 188 valence electrons. The van der Waals surface area contributed by atoms with E-state index in [9.17, 15) is 23.1 Å². The molecule has 2 aliphatic rings. The molecule has 4 nitrogen and oxygen atoms in total. The average Bonchev–Trinajstić information content (AvgIpc) is 2.78. The van der Waals surface area contributed by atoms with Crippen LogP contribution < -0.4 is 4.74 Å². The Morgan fingerprint density at radius 2 is 1.86 bits per heavy atom. The van der Waals surface area contributed by atoms with Crippen molar-refractivity contribution in [2.45, 2.75) is 83.6 Å². The fourth-order valence-electron chi connectivity index (χ4n) is 5.02. The van der Waals surface area contributed by atoms with Gasteiger partial charge in [0.25, 0.3) is 5.79 Å². The van der Waals surface area contributed by atoms with E-state index in [0.29, 0.717) is 23.1 Å². The molecule has 1 heterocycles. The van der Waals surface area contributed by atoms with Crippen molar-refractivity contribution in [2.24, 2.45) is 0 Å². The normalized spacial score (nSPS) is 22.2. The molecule has 1 N–H and O–H groups in total. The Kier molecular flexibility index (Phi) is 6.89. The maximum absolute atomic E-state index is 13.4. The van der Waals surface area contributed by atoms with Gasteiger partial charge in [0.1, 0.15) is 17.1 Å². The molecule has 0 saturated carbocycles. The summed E-state index contributed by atoms with van der Waals surface area (Å²) in [6.45, 7) is 5.64. The Morgan fingerprint density at radius 1 is 1.14 bits per heavy atom. The van der Waals surface area contributed by atoms with E-state index in [2.05, 4.69) is 13.0 Å². The van der Waals surface area contributed by atoms with Gasteiger partial charge >= 0.3 is 12.1 Å². The number of phenols is 1. The molecule has 35 heavy (non-hydrogen) atoms. The molecule has 4 rings (SSSR count). The number of cyclic esters (lactones) is 1. The molecule has 0 amide bonds. The van der Waals surface area contributed by atoms with Crippen LogP contribution in [0.1, 0.15) is 97.8 Å². The monoisotopic (exact) mass is 488 g/mol. The SMILES string of the molecule is CCCCCc1cc(O)c(C2C=C(C)CCC2)c2c1C(=O)OC(C)(c1ccc(C(F)(F)F)cc1)O2. The number of phenolic OH excluding ortho intramolecular Hbond substituents is 1. The quantitative estimate of drug-likeness (QED) is 0.256. The summed E-state index contributed by atoms with van der Waals surface area (Å²) in [5.74, 6) is -2.03. The second-order valence-corrected chi connectivity index (χ2v) is 9.65. The van der Waals surface area contributed by atoms with Crippen LogP contribution >= 0.6 is 0 Å². The Bertz CT molecular complexity index is 1130. The zero-order valence-corrected chi connectivity index (χ0v) is 20.3. The van der Waals surface area contributed by atoms with E-state index in [0.717, 1.165) is 50.7 Å². The van der Waals surface area contributed by atoms with Crippen LogP contribution in [0, 0.1) is 0 Å². The number of rotatable bonds is 6. The molecular weight excluding hydrogens is 457 g/mol. The van der Waals surface area contributed by atoms with Crippen molar-refractivity contribution >= 4 is 5.97 Å². The lowest BCUT2D eigenvalue weighted by Crippen LogP contribution is -2.40. The summed E-state index contributed by atoms with van der Waals surface area (Å²) in [4.78, 5) is 13.4. The number of ether oxygens (including phenoxy) is 2. The molecule has 0 radical (unpaired) electrons. The molecule has 0 bridgehead atoms. The van der Waals surface area contributed by atoms with Crippen molar-refractivity contribution in [3.05, 3.63) is 69.8 Å². The standard InChI is InChI=1S/C28H31F3O4/c1-4-5-6-9-19-16-22(32)23(18-10-7-8-17(2)15-18)25-24(19)26(33)35-27(3,34-25)20-11-13-21(14-12-20)28(29,30)31/h11-16,18,32H,4-10H2,1-3H3. The fraction of sp³-hybridized carbons (Fsp3) is 0.464. The van der Waals surface area contributed by atoms with E-state index in [1.54, 1.807) is 6.07 Å². The van der Waals surface area contributed by atoms with Gasteiger partial charge in [-0.2, -0.15) is 13.2 Å². The lowest BCUT2D eigenvalue weighted by Gasteiger charge is -2.38. The number of halogens is 3. The Labute approximate surface area is 203 Å². The highest BCUT2D eigenvalue weighted by Crippen LogP contribution is 2.49. The third-order valence-corrected chi connectivity index (χ3v) is 6.90. The van der Waals surface area contributed by atoms with E-state index in [1.165, 1.54) is 24.6 Å². The predicted octanol–water partition coefficient (Wildman–Crippen LogP) is 7.78. The van der Waals surface area contributed by atoms with Gasteiger partial charge in [0.05, 0.1) is 5.56 Å². The Balaban J connectivity index is 1.82. The molecular formula is C28H31F3O4. The van der Waals surface area contributed by atoms with E-state index >= 15 is 0 Å². The van der Waals surface area contributed by atoms with Crippen molar-refractivity contribution in [2.75, 3.05) is 0 Å². The molecule has 0 fully saturated rings. The second kappa shape index (κ2) is 9.59. The first-order valence-electron chi connectivity index (χ1n) is 12.2. The number of carbonyl (C=O) groups excluding carboxylic acids is 1. The van der Waals surface area contributed by atoms with E-state index in [-0.39, 0.29) is 23.0 Å². The van der Waals surface area contributed by atoms with E-state index in [1.807, 2.05) is 6.92 Å². The fourth-order valence-corrected chi connectivity index (χ4v) is 5.02. The number of aromatic hydroxyl groups is 1. The second-order valence-electron chi connectivity index (χ2n) is 9.65. The lowest BCUT2D eigenvalue weighted by molar-refractivity contribution is -0.150. The first-order chi connectivity index (χ1) is 16.5. The van der Waals surface area contributed by atoms with Gasteiger partial charge in [-0.3, -0.25) is 0 Å². The Morgan fingerprint density at radius 3 is 2.49 bits per heavy atom. The van der Waals surface area contributed by atoms with Crippen LogP contribution in [0.3, 0.4) is 0 Å². The number of hydrogen-bond acceptors (Lipinski definition) is 4. The minimum atomic E-state index is -4.48. The number of benzene rings is 2. The first-order valence-corrected chi connectivity index (χ1v) is 12.2. The Hall–Kier alpha value is -2.96. The van der Waals surface area contributed by atoms with Crippen LogP contribution in [0.25, 0.3) is 0 Å². The van der Waals surface area contributed by atoms with Crippen LogP contribution in [0.15, 0.2) is 42.0 Å². The van der Waals surface area contributed by atoms with Crippen LogP contribution in [0.5, 0.6) is 11.5 Å². The maximum atomic E-state index is 13.4. The van der Waals surface area contributed by atoms with Crippen LogP contribution in [0.2, 0.25) is 0 Å². The van der Waals surface area contributed by atoms with Gasteiger partial charge < -0.3 is 14.6 Å². The van der Waals surface area contributed by atoms with Crippen molar-refractivity contribution in [1.29, 1.82) is 0 Å². The molecule has 0 spiro atoms. The van der Waals surface area contributed by atoms with Crippen LogP contribution in [0.4, 0.5) is 13.2 Å². The van der Waals surface area contributed by atoms with Crippen LogP contribution in [-0.2, 0) is 23.1 Å². The number of esters is 1. The number of unbranched alkanes of at least 4 members (excludes halogenated alkanes) is 2. The van der Waals surface area contributed by atoms with Gasteiger partial charge in [0.15, 0.2) is 0 Å². The van der Waals surface area contributed by atoms with Gasteiger partial charge in [0, 0.05) is 24.0 Å².